The monoisotopic (exact) mass is 402 g/mol. The van der Waals surface area contributed by atoms with E-state index >= 15 is 0 Å². The number of aliphatic hydroxyl groups is 1. The predicted octanol–water partition coefficient (Wildman–Crippen LogP) is 6.65. The average Bonchev–Trinajstić information content (AvgIpc) is 3.04. The van der Waals surface area contributed by atoms with Crippen molar-refractivity contribution in [1.29, 1.82) is 0 Å². The molecule has 0 saturated heterocycles. The lowest BCUT2D eigenvalue weighted by molar-refractivity contribution is -0.167. The second-order valence-corrected chi connectivity index (χ2v) is 12.2. The summed E-state index contributed by atoms with van der Waals surface area (Å²) in [5, 5.41) is 10.6. The van der Waals surface area contributed by atoms with Crippen LogP contribution in [-0.2, 0) is 4.79 Å². The molecule has 166 valence electrons. The molecule has 8 atom stereocenters. The van der Waals surface area contributed by atoms with Gasteiger partial charge in [-0.3, -0.25) is 4.79 Å². The van der Waals surface area contributed by atoms with Crippen molar-refractivity contribution in [2.75, 3.05) is 6.61 Å². The molecule has 29 heavy (non-hydrogen) atoms. The number of aliphatic hydroxyl groups excluding tert-OH is 1. The lowest BCUT2D eigenvalue weighted by Gasteiger charge is -2.60. The van der Waals surface area contributed by atoms with Gasteiger partial charge in [-0.2, -0.15) is 0 Å². The first-order chi connectivity index (χ1) is 13.8. The summed E-state index contributed by atoms with van der Waals surface area (Å²) >= 11 is 0. The molecule has 0 aromatic rings. The normalized spacial score (nSPS) is 45.6. The minimum Gasteiger partial charge on any atom is -0.395 e. The maximum atomic E-state index is 13.2. The maximum absolute atomic E-state index is 13.2. The third-order valence-electron chi connectivity index (χ3n) is 10.6. The SMILES string of the molecule is CC(C)CCC[C@@H](C)[C@H]1CC[C@H]2[C@@H]3CC[C@H]4CCCC(=O)[C@]4(CO)[C@H]3CC[C@]12C. The van der Waals surface area contributed by atoms with Crippen LogP contribution in [0.25, 0.3) is 0 Å². The molecule has 0 spiro atoms. The van der Waals surface area contributed by atoms with Gasteiger partial charge in [0, 0.05) is 6.42 Å². The average molecular weight is 403 g/mol. The van der Waals surface area contributed by atoms with Gasteiger partial charge in [0.1, 0.15) is 5.78 Å². The van der Waals surface area contributed by atoms with Crippen LogP contribution in [0.5, 0.6) is 0 Å². The van der Waals surface area contributed by atoms with Crippen molar-refractivity contribution in [3.8, 4) is 0 Å². The summed E-state index contributed by atoms with van der Waals surface area (Å²) < 4.78 is 0. The van der Waals surface area contributed by atoms with E-state index in [0.29, 0.717) is 29.0 Å². The standard InChI is InChI=1S/C27H46O2/c1-18(2)7-5-8-19(3)22-13-14-23-21-12-11-20-9-6-10-25(29)27(20,17-28)24(21)15-16-26(22,23)4/h18-24,28H,5-17H2,1-4H3/t19-,20-,21+,22-,23+,24+,26-,27+/m1/s1. The molecule has 4 fully saturated rings. The first-order valence-corrected chi connectivity index (χ1v) is 13.0. The summed E-state index contributed by atoms with van der Waals surface area (Å²) in [6.07, 6.45) is 14.8. The van der Waals surface area contributed by atoms with Gasteiger partial charge in [0.05, 0.1) is 12.0 Å². The number of hydrogen-bond donors (Lipinski definition) is 1. The van der Waals surface area contributed by atoms with Crippen LogP contribution in [0.1, 0.15) is 105 Å². The highest BCUT2D eigenvalue weighted by Crippen LogP contribution is 2.67. The molecule has 2 nitrogen and oxygen atoms in total. The van der Waals surface area contributed by atoms with Crippen molar-refractivity contribution in [2.24, 2.45) is 52.3 Å². The van der Waals surface area contributed by atoms with Crippen LogP contribution in [0.3, 0.4) is 0 Å². The summed E-state index contributed by atoms with van der Waals surface area (Å²) in [7, 11) is 0. The van der Waals surface area contributed by atoms with Gasteiger partial charge < -0.3 is 5.11 Å². The molecule has 0 aromatic heterocycles. The van der Waals surface area contributed by atoms with Crippen LogP contribution in [0, 0.1) is 52.3 Å². The molecule has 0 aliphatic heterocycles. The number of carbonyl (C=O) groups excluding carboxylic acids is 1. The molecule has 1 N–H and O–H groups in total. The largest absolute Gasteiger partial charge is 0.395 e. The molecular weight excluding hydrogens is 356 g/mol. The third kappa shape index (κ3) is 3.44. The fourth-order valence-electron chi connectivity index (χ4n) is 9.22. The van der Waals surface area contributed by atoms with E-state index in [0.717, 1.165) is 36.5 Å². The van der Waals surface area contributed by atoms with Crippen LogP contribution >= 0.6 is 0 Å². The Morgan fingerprint density at radius 3 is 2.52 bits per heavy atom. The molecule has 0 heterocycles. The fraction of sp³-hybridized carbons (Fsp3) is 0.963. The van der Waals surface area contributed by atoms with Gasteiger partial charge in [0.25, 0.3) is 0 Å². The van der Waals surface area contributed by atoms with E-state index in [1.807, 2.05) is 0 Å². The van der Waals surface area contributed by atoms with Crippen LogP contribution in [0.15, 0.2) is 0 Å². The lowest BCUT2D eigenvalue weighted by atomic mass is 9.44. The van der Waals surface area contributed by atoms with Crippen molar-refractivity contribution < 1.29 is 9.90 Å². The van der Waals surface area contributed by atoms with Crippen LogP contribution < -0.4 is 0 Å². The van der Waals surface area contributed by atoms with Gasteiger partial charge in [0.15, 0.2) is 0 Å². The van der Waals surface area contributed by atoms with Gasteiger partial charge in [0.2, 0.25) is 0 Å². The molecule has 4 rings (SSSR count). The van der Waals surface area contributed by atoms with E-state index in [1.54, 1.807) is 0 Å². The summed E-state index contributed by atoms with van der Waals surface area (Å²) in [5.41, 5.74) is 0.100. The molecule has 0 bridgehead atoms. The van der Waals surface area contributed by atoms with E-state index in [9.17, 15) is 9.90 Å². The molecule has 0 amide bonds. The Morgan fingerprint density at radius 2 is 1.79 bits per heavy atom. The highest BCUT2D eigenvalue weighted by molar-refractivity contribution is 5.86. The summed E-state index contributed by atoms with van der Waals surface area (Å²) in [6.45, 7) is 9.96. The van der Waals surface area contributed by atoms with Crippen molar-refractivity contribution in [3.05, 3.63) is 0 Å². The van der Waals surface area contributed by atoms with Crippen molar-refractivity contribution in [2.45, 2.75) is 105 Å². The highest BCUT2D eigenvalue weighted by Gasteiger charge is 2.63. The Bertz CT molecular complexity index is 597. The van der Waals surface area contributed by atoms with Gasteiger partial charge >= 0.3 is 0 Å². The van der Waals surface area contributed by atoms with Gasteiger partial charge in [-0.15, -0.1) is 0 Å². The van der Waals surface area contributed by atoms with E-state index in [4.69, 9.17) is 0 Å². The number of fused-ring (bicyclic) bond motifs is 5. The van der Waals surface area contributed by atoms with E-state index < -0.39 is 0 Å². The number of ketones is 1. The van der Waals surface area contributed by atoms with Gasteiger partial charge in [-0.05, 0) is 98.2 Å². The summed E-state index contributed by atoms with van der Waals surface area (Å²) in [6, 6.07) is 0. The number of carbonyl (C=O) groups is 1. The Hall–Kier alpha value is -0.370. The zero-order chi connectivity index (χ0) is 20.8. The molecule has 4 saturated carbocycles. The zero-order valence-corrected chi connectivity index (χ0v) is 19.6. The second-order valence-electron chi connectivity index (χ2n) is 12.2. The highest BCUT2D eigenvalue weighted by atomic mass is 16.3. The Morgan fingerprint density at radius 1 is 1.00 bits per heavy atom. The Balaban J connectivity index is 1.52. The molecule has 0 unspecified atom stereocenters. The molecule has 2 heteroatoms. The van der Waals surface area contributed by atoms with E-state index in [-0.39, 0.29) is 12.0 Å². The topological polar surface area (TPSA) is 37.3 Å². The zero-order valence-electron chi connectivity index (χ0n) is 19.6. The van der Waals surface area contributed by atoms with Crippen LogP contribution in [-0.4, -0.2) is 17.5 Å². The molecule has 4 aliphatic rings. The Kier molecular flexibility index (Phi) is 6.24. The maximum Gasteiger partial charge on any atom is 0.141 e. The molecular formula is C27H46O2. The first kappa shape index (κ1) is 21.8. The van der Waals surface area contributed by atoms with Crippen LogP contribution in [0.2, 0.25) is 0 Å². The van der Waals surface area contributed by atoms with Crippen molar-refractivity contribution in [3.63, 3.8) is 0 Å². The van der Waals surface area contributed by atoms with Crippen molar-refractivity contribution in [1.82, 2.24) is 0 Å². The van der Waals surface area contributed by atoms with Crippen molar-refractivity contribution >= 4 is 5.78 Å². The fourth-order valence-corrected chi connectivity index (χ4v) is 9.22. The number of hydrogen-bond acceptors (Lipinski definition) is 2. The summed E-state index contributed by atoms with van der Waals surface area (Å²) in [5.74, 6) is 5.35. The lowest BCUT2D eigenvalue weighted by Crippen LogP contribution is -2.59. The minimum absolute atomic E-state index is 0.121. The predicted molar refractivity (Wildman–Crippen MR) is 119 cm³/mol. The first-order valence-electron chi connectivity index (χ1n) is 13.0. The molecule has 0 radical (unpaired) electrons. The third-order valence-corrected chi connectivity index (χ3v) is 10.6. The Labute approximate surface area is 179 Å². The smallest absolute Gasteiger partial charge is 0.141 e. The van der Waals surface area contributed by atoms with Crippen LogP contribution in [0.4, 0.5) is 0 Å². The quantitative estimate of drug-likeness (QED) is 0.540. The minimum atomic E-state index is -0.372. The van der Waals surface area contributed by atoms with Gasteiger partial charge in [-0.25, -0.2) is 0 Å². The number of Topliss-reactive ketones (excluding diaryl/α,β-unsaturated/α-hetero) is 1. The molecule has 4 aliphatic carbocycles. The van der Waals surface area contributed by atoms with Gasteiger partial charge in [-0.1, -0.05) is 47.0 Å². The van der Waals surface area contributed by atoms with E-state index in [2.05, 4.69) is 27.7 Å². The second kappa shape index (κ2) is 8.29. The number of rotatable bonds is 6. The summed E-state index contributed by atoms with van der Waals surface area (Å²) in [4.78, 5) is 13.2. The van der Waals surface area contributed by atoms with E-state index in [1.165, 1.54) is 64.2 Å². The molecule has 0 aromatic carbocycles.